The van der Waals surface area contributed by atoms with E-state index < -0.39 is 5.41 Å². The van der Waals surface area contributed by atoms with Crippen molar-refractivity contribution in [3.63, 3.8) is 0 Å². The van der Waals surface area contributed by atoms with Crippen molar-refractivity contribution in [1.29, 1.82) is 0 Å². The molecule has 0 N–H and O–H groups in total. The first kappa shape index (κ1) is 47.8. The molecular weight excluding hydrogens is 1000 g/mol. The van der Waals surface area contributed by atoms with Gasteiger partial charge in [0.1, 0.15) is 11.2 Å². The Hall–Kier alpha value is -10.0. The summed E-state index contributed by atoms with van der Waals surface area (Å²) in [6.07, 6.45) is 0. The topological polar surface area (TPSA) is 16.4 Å². The standard InChI is InChI=1S/C81H57NO/c1-79(2)68-34-19-31-60(77(68)66-45-51-22-11-12-23-52(51)48-70(66)79)54-39-44-75-65(47-54)64-46-53(38-43-74(64)83-75)58-28-16-18-35-72(58)82(57-40-41-63-71(49-57)80(3,4)69-42-37-50-21-13-14-29-59(50)76(63)69)73-36-20-32-62-61-30-15-17-33-67(61)81(78(62)73,55-24-7-5-8-25-55)56-26-9-6-10-27-56/h5-49H,1-4H3. The molecule has 0 aliphatic heterocycles. The van der Waals surface area contributed by atoms with Gasteiger partial charge in [-0.25, -0.2) is 0 Å². The molecule has 0 saturated heterocycles. The zero-order chi connectivity index (χ0) is 55.3. The second-order valence-electron chi connectivity index (χ2n) is 24.3. The van der Waals surface area contributed by atoms with Crippen LogP contribution in [-0.4, -0.2) is 0 Å². The average Bonchev–Trinajstić information content (AvgIpc) is 2.13. The van der Waals surface area contributed by atoms with Crippen LogP contribution in [0.15, 0.2) is 277 Å². The Bertz CT molecular complexity index is 5000. The average molecular weight is 1060 g/mol. The molecule has 17 rings (SSSR count). The molecule has 14 aromatic rings. The van der Waals surface area contributed by atoms with Crippen molar-refractivity contribution < 1.29 is 4.42 Å². The number of benzene rings is 13. The van der Waals surface area contributed by atoms with Gasteiger partial charge in [0.15, 0.2) is 0 Å². The molecule has 0 amide bonds. The number of para-hydroxylation sites is 1. The molecule has 3 aliphatic rings. The van der Waals surface area contributed by atoms with Crippen molar-refractivity contribution in [1.82, 2.24) is 0 Å². The van der Waals surface area contributed by atoms with Gasteiger partial charge in [0.2, 0.25) is 0 Å². The normalized spacial score (nSPS) is 14.6. The highest BCUT2D eigenvalue weighted by molar-refractivity contribution is 6.10. The predicted octanol–water partition coefficient (Wildman–Crippen LogP) is 21.7. The minimum absolute atomic E-state index is 0.141. The van der Waals surface area contributed by atoms with E-state index in [-0.39, 0.29) is 10.8 Å². The van der Waals surface area contributed by atoms with Gasteiger partial charge in [-0.1, -0.05) is 240 Å². The van der Waals surface area contributed by atoms with Crippen molar-refractivity contribution in [2.45, 2.75) is 43.9 Å². The van der Waals surface area contributed by atoms with Crippen molar-refractivity contribution in [2.24, 2.45) is 0 Å². The maximum Gasteiger partial charge on any atom is 0.135 e. The van der Waals surface area contributed by atoms with Gasteiger partial charge >= 0.3 is 0 Å². The molecule has 0 radical (unpaired) electrons. The zero-order valence-corrected chi connectivity index (χ0v) is 46.8. The van der Waals surface area contributed by atoms with Gasteiger partial charge in [-0.2, -0.15) is 0 Å². The third-order valence-corrected chi connectivity index (χ3v) is 19.3. The van der Waals surface area contributed by atoms with E-state index in [0.29, 0.717) is 0 Å². The Morgan fingerprint density at radius 1 is 0.301 bits per heavy atom. The van der Waals surface area contributed by atoms with Crippen LogP contribution in [0, 0.1) is 0 Å². The maximum absolute atomic E-state index is 6.77. The van der Waals surface area contributed by atoms with E-state index in [2.05, 4.69) is 306 Å². The molecule has 0 spiro atoms. The number of fused-ring (bicyclic) bond motifs is 15. The van der Waals surface area contributed by atoms with Gasteiger partial charge in [-0.15, -0.1) is 0 Å². The second-order valence-corrected chi connectivity index (χ2v) is 24.3. The number of furan rings is 1. The zero-order valence-electron chi connectivity index (χ0n) is 46.8. The van der Waals surface area contributed by atoms with Gasteiger partial charge in [-0.3, -0.25) is 0 Å². The summed E-state index contributed by atoms with van der Waals surface area (Å²) in [6.45, 7) is 9.57. The van der Waals surface area contributed by atoms with Gasteiger partial charge in [0.25, 0.3) is 0 Å². The number of anilines is 3. The van der Waals surface area contributed by atoms with E-state index in [0.717, 1.165) is 50.1 Å². The van der Waals surface area contributed by atoms with Crippen LogP contribution < -0.4 is 4.90 Å². The van der Waals surface area contributed by atoms with Crippen LogP contribution in [0.3, 0.4) is 0 Å². The largest absolute Gasteiger partial charge is 0.456 e. The summed E-state index contributed by atoms with van der Waals surface area (Å²) in [4.78, 5) is 2.59. The molecule has 1 aromatic heterocycles. The first-order valence-corrected chi connectivity index (χ1v) is 29.2. The minimum atomic E-state index is -0.653. The molecule has 0 saturated carbocycles. The molecule has 1 heterocycles. The third kappa shape index (κ3) is 6.66. The minimum Gasteiger partial charge on any atom is -0.456 e. The molecule has 2 heteroatoms. The first-order chi connectivity index (χ1) is 40.7. The van der Waals surface area contributed by atoms with Crippen molar-refractivity contribution in [3.05, 3.63) is 317 Å². The Balaban J connectivity index is 0.893. The number of hydrogen-bond donors (Lipinski definition) is 0. The van der Waals surface area contributed by atoms with Gasteiger partial charge in [-0.05, 0) is 171 Å². The summed E-state index contributed by atoms with van der Waals surface area (Å²) >= 11 is 0. The lowest BCUT2D eigenvalue weighted by Crippen LogP contribution is -2.30. The fraction of sp³-hybridized carbons (Fsp3) is 0.0864. The van der Waals surface area contributed by atoms with Crippen LogP contribution >= 0.6 is 0 Å². The lowest BCUT2D eigenvalue weighted by atomic mass is 9.67. The molecule has 2 nitrogen and oxygen atoms in total. The van der Waals surface area contributed by atoms with E-state index in [9.17, 15) is 0 Å². The summed E-state index contributed by atoms with van der Waals surface area (Å²) in [5.74, 6) is 0. The lowest BCUT2D eigenvalue weighted by Gasteiger charge is -2.38. The molecule has 13 aromatic carbocycles. The number of rotatable bonds is 7. The fourth-order valence-electron chi connectivity index (χ4n) is 15.4. The molecule has 0 atom stereocenters. The van der Waals surface area contributed by atoms with E-state index >= 15 is 0 Å². The third-order valence-electron chi connectivity index (χ3n) is 19.3. The van der Waals surface area contributed by atoms with Crippen LogP contribution in [0.25, 0.3) is 99.1 Å². The summed E-state index contributed by atoms with van der Waals surface area (Å²) in [7, 11) is 0. The van der Waals surface area contributed by atoms with Crippen molar-refractivity contribution in [2.75, 3.05) is 4.90 Å². The highest BCUT2D eigenvalue weighted by Gasteiger charge is 2.49. The quantitative estimate of drug-likeness (QED) is 0.158. The van der Waals surface area contributed by atoms with Gasteiger partial charge in [0.05, 0.1) is 16.8 Å². The molecular formula is C81H57NO. The second kappa shape index (κ2) is 17.5. The maximum atomic E-state index is 6.77. The molecule has 0 fully saturated rings. The smallest absolute Gasteiger partial charge is 0.135 e. The number of nitrogens with zero attached hydrogens (tertiary/aromatic N) is 1. The van der Waals surface area contributed by atoms with Crippen LogP contribution in [0.5, 0.6) is 0 Å². The Morgan fingerprint density at radius 2 is 0.843 bits per heavy atom. The highest BCUT2D eigenvalue weighted by atomic mass is 16.3. The highest BCUT2D eigenvalue weighted by Crippen LogP contribution is 2.62. The molecule has 392 valence electrons. The Morgan fingerprint density at radius 3 is 1.58 bits per heavy atom. The summed E-state index contributed by atoms with van der Waals surface area (Å²) < 4.78 is 6.77. The van der Waals surface area contributed by atoms with E-state index in [1.165, 1.54) is 111 Å². The predicted molar refractivity (Wildman–Crippen MR) is 347 cm³/mol. The van der Waals surface area contributed by atoms with E-state index in [4.69, 9.17) is 4.42 Å². The SMILES string of the molecule is CC1(C)c2cc3ccccc3cc2-c2c(-c3ccc4oc5ccc(-c6ccccc6N(c6ccc7c(c6)C(C)(C)c6ccc8ccccc8c6-7)c6cccc7c6C(c6ccccc6)(c6ccccc6)c6ccccc6-7)cc5c4c3)cccc21. The Kier molecular flexibility index (Phi) is 10.1. The van der Waals surface area contributed by atoms with Crippen molar-refractivity contribution in [3.8, 4) is 55.6 Å². The Labute approximate surface area is 484 Å². The summed E-state index contributed by atoms with van der Waals surface area (Å²) in [5.41, 5.74) is 26.9. The molecule has 83 heavy (non-hydrogen) atoms. The van der Waals surface area contributed by atoms with Crippen molar-refractivity contribution >= 4 is 60.5 Å². The molecule has 0 unspecified atom stereocenters. The number of hydrogen-bond acceptors (Lipinski definition) is 2. The molecule has 3 aliphatic carbocycles. The van der Waals surface area contributed by atoms with Crippen LogP contribution in [-0.2, 0) is 16.2 Å². The van der Waals surface area contributed by atoms with Crippen LogP contribution in [0.4, 0.5) is 17.1 Å². The first-order valence-electron chi connectivity index (χ1n) is 29.2. The van der Waals surface area contributed by atoms with Crippen LogP contribution in [0.2, 0.25) is 0 Å². The van der Waals surface area contributed by atoms with Gasteiger partial charge < -0.3 is 9.32 Å². The monoisotopic (exact) mass is 1060 g/mol. The van der Waals surface area contributed by atoms with Gasteiger partial charge in [0, 0.05) is 38.4 Å². The summed E-state index contributed by atoms with van der Waals surface area (Å²) in [5, 5.41) is 7.29. The summed E-state index contributed by atoms with van der Waals surface area (Å²) in [6, 6.07) is 102. The van der Waals surface area contributed by atoms with E-state index in [1.807, 2.05) is 0 Å². The van der Waals surface area contributed by atoms with Crippen LogP contribution in [0.1, 0.15) is 72.2 Å². The molecule has 0 bridgehead atoms. The lowest BCUT2D eigenvalue weighted by molar-refractivity contribution is 0.661. The van der Waals surface area contributed by atoms with E-state index in [1.54, 1.807) is 0 Å². The fourth-order valence-corrected chi connectivity index (χ4v) is 15.4.